The van der Waals surface area contributed by atoms with Gasteiger partial charge in [0.05, 0.1) is 0 Å². The number of rotatable bonds is 3. The van der Waals surface area contributed by atoms with Gasteiger partial charge in [-0.3, -0.25) is 0 Å². The summed E-state index contributed by atoms with van der Waals surface area (Å²) in [4.78, 5) is 4.40. The van der Waals surface area contributed by atoms with Gasteiger partial charge in [0.15, 0.2) is 11.5 Å². The molecule has 1 aromatic carbocycles. The van der Waals surface area contributed by atoms with Crippen molar-refractivity contribution in [2.75, 3.05) is 18.7 Å². The predicted molar refractivity (Wildman–Crippen MR) is 71.2 cm³/mol. The highest BCUT2D eigenvalue weighted by molar-refractivity contribution is 5.94. The van der Waals surface area contributed by atoms with Gasteiger partial charge >= 0.3 is 0 Å². The summed E-state index contributed by atoms with van der Waals surface area (Å²) in [6, 6.07) is 5.98. The lowest BCUT2D eigenvalue weighted by molar-refractivity contribution is 0.174. The van der Waals surface area contributed by atoms with Crippen LogP contribution in [0.2, 0.25) is 0 Å². The molecule has 4 nitrogen and oxygen atoms in total. The number of ether oxygens (including phenoxy) is 2. The molecule has 0 atom stereocenters. The Bertz CT molecular complexity index is 581. The quantitative estimate of drug-likeness (QED) is 0.901. The number of nitrogens with one attached hydrogen (secondary N) is 1. The number of pyridine rings is 1. The molecule has 3 rings (SSSR count). The minimum atomic E-state index is 0.299. The van der Waals surface area contributed by atoms with Crippen molar-refractivity contribution in [2.24, 2.45) is 5.92 Å². The summed E-state index contributed by atoms with van der Waals surface area (Å²) >= 11 is 0. The third-order valence-electron chi connectivity index (χ3n) is 2.94. The van der Waals surface area contributed by atoms with Gasteiger partial charge in [-0.05, 0) is 29.5 Å². The van der Waals surface area contributed by atoms with Crippen LogP contribution in [0, 0.1) is 5.92 Å². The monoisotopic (exact) mass is 244 g/mol. The second kappa shape index (κ2) is 4.37. The van der Waals surface area contributed by atoms with Crippen LogP contribution in [0.15, 0.2) is 24.4 Å². The Hall–Kier alpha value is -1.97. The highest BCUT2D eigenvalue weighted by atomic mass is 16.7. The maximum Gasteiger partial charge on any atom is 0.231 e. The Labute approximate surface area is 106 Å². The number of benzene rings is 1. The van der Waals surface area contributed by atoms with Crippen LogP contribution in [0.4, 0.5) is 5.82 Å². The van der Waals surface area contributed by atoms with Crippen LogP contribution in [0.25, 0.3) is 10.8 Å². The Kier molecular flexibility index (Phi) is 2.70. The molecule has 0 aliphatic carbocycles. The molecule has 1 aliphatic rings. The summed E-state index contributed by atoms with van der Waals surface area (Å²) in [5.41, 5.74) is 0. The topological polar surface area (TPSA) is 43.4 Å². The van der Waals surface area contributed by atoms with E-state index in [-0.39, 0.29) is 0 Å². The molecule has 0 saturated carbocycles. The summed E-state index contributed by atoms with van der Waals surface area (Å²) in [7, 11) is 0. The van der Waals surface area contributed by atoms with Crippen molar-refractivity contribution in [1.82, 2.24) is 4.98 Å². The molecule has 1 N–H and O–H groups in total. The van der Waals surface area contributed by atoms with Crippen LogP contribution in [0.1, 0.15) is 13.8 Å². The van der Waals surface area contributed by atoms with Crippen molar-refractivity contribution in [3.8, 4) is 11.5 Å². The van der Waals surface area contributed by atoms with E-state index in [2.05, 4.69) is 24.1 Å². The molecule has 0 bridgehead atoms. The zero-order valence-corrected chi connectivity index (χ0v) is 10.6. The molecule has 0 saturated heterocycles. The molecule has 1 aromatic heterocycles. The lowest BCUT2D eigenvalue weighted by Gasteiger charge is -2.11. The molecule has 0 radical (unpaired) electrons. The van der Waals surface area contributed by atoms with Gasteiger partial charge in [-0.15, -0.1) is 0 Å². The van der Waals surface area contributed by atoms with Gasteiger partial charge < -0.3 is 14.8 Å². The molecule has 94 valence electrons. The van der Waals surface area contributed by atoms with Crippen LogP contribution >= 0.6 is 0 Å². The zero-order valence-electron chi connectivity index (χ0n) is 10.6. The SMILES string of the molecule is CC(C)CNc1nccc2cc3c(cc12)OCO3. The van der Waals surface area contributed by atoms with Gasteiger partial charge in [-0.25, -0.2) is 4.98 Å². The fourth-order valence-corrected chi connectivity index (χ4v) is 2.00. The molecule has 18 heavy (non-hydrogen) atoms. The van der Waals surface area contributed by atoms with E-state index < -0.39 is 0 Å². The van der Waals surface area contributed by atoms with Crippen molar-refractivity contribution >= 4 is 16.6 Å². The van der Waals surface area contributed by atoms with Crippen LogP contribution in [-0.4, -0.2) is 18.3 Å². The number of hydrogen-bond donors (Lipinski definition) is 1. The molecule has 0 spiro atoms. The van der Waals surface area contributed by atoms with E-state index in [0.717, 1.165) is 34.6 Å². The standard InChI is InChI=1S/C14H16N2O2/c1-9(2)7-16-14-11-6-13-12(17-8-18-13)5-10(11)3-4-15-14/h3-6,9H,7-8H2,1-2H3,(H,15,16). The average molecular weight is 244 g/mol. The average Bonchev–Trinajstić information content (AvgIpc) is 2.80. The van der Waals surface area contributed by atoms with Crippen molar-refractivity contribution in [3.63, 3.8) is 0 Å². The molecule has 2 heterocycles. The maximum atomic E-state index is 5.41. The summed E-state index contributed by atoms with van der Waals surface area (Å²) < 4.78 is 10.8. The normalized spacial score (nSPS) is 13.3. The Morgan fingerprint density at radius 1 is 1.28 bits per heavy atom. The first-order valence-electron chi connectivity index (χ1n) is 6.16. The minimum Gasteiger partial charge on any atom is -0.454 e. The third-order valence-corrected chi connectivity index (χ3v) is 2.94. The van der Waals surface area contributed by atoms with Crippen molar-refractivity contribution in [3.05, 3.63) is 24.4 Å². The van der Waals surface area contributed by atoms with Gasteiger partial charge in [0.2, 0.25) is 6.79 Å². The second-order valence-electron chi connectivity index (χ2n) is 4.86. The number of nitrogens with zero attached hydrogens (tertiary/aromatic N) is 1. The van der Waals surface area contributed by atoms with Crippen LogP contribution in [0.3, 0.4) is 0 Å². The first-order chi connectivity index (χ1) is 8.74. The summed E-state index contributed by atoms with van der Waals surface area (Å²) in [6.45, 7) is 5.55. The smallest absolute Gasteiger partial charge is 0.231 e. The minimum absolute atomic E-state index is 0.299. The van der Waals surface area contributed by atoms with E-state index in [0.29, 0.717) is 12.7 Å². The van der Waals surface area contributed by atoms with Gasteiger partial charge in [0.1, 0.15) is 5.82 Å². The largest absolute Gasteiger partial charge is 0.454 e. The van der Waals surface area contributed by atoms with Gasteiger partial charge in [0.25, 0.3) is 0 Å². The maximum absolute atomic E-state index is 5.41. The molecule has 0 unspecified atom stereocenters. The number of aromatic nitrogens is 1. The predicted octanol–water partition coefficient (Wildman–Crippen LogP) is 3.03. The van der Waals surface area contributed by atoms with E-state index in [1.165, 1.54) is 0 Å². The molecule has 0 fully saturated rings. The van der Waals surface area contributed by atoms with E-state index >= 15 is 0 Å². The van der Waals surface area contributed by atoms with Crippen molar-refractivity contribution in [2.45, 2.75) is 13.8 Å². The first kappa shape index (κ1) is 11.1. The van der Waals surface area contributed by atoms with Crippen molar-refractivity contribution in [1.29, 1.82) is 0 Å². The Balaban J connectivity index is 2.04. The number of hydrogen-bond acceptors (Lipinski definition) is 4. The fourth-order valence-electron chi connectivity index (χ4n) is 2.00. The van der Waals surface area contributed by atoms with Gasteiger partial charge in [-0.2, -0.15) is 0 Å². The lowest BCUT2D eigenvalue weighted by Crippen LogP contribution is -2.09. The third kappa shape index (κ3) is 1.94. The van der Waals surface area contributed by atoms with E-state index in [1.54, 1.807) is 0 Å². The number of fused-ring (bicyclic) bond motifs is 2. The first-order valence-corrected chi connectivity index (χ1v) is 6.16. The summed E-state index contributed by atoms with van der Waals surface area (Å²) in [5, 5.41) is 5.55. The van der Waals surface area contributed by atoms with E-state index in [9.17, 15) is 0 Å². The van der Waals surface area contributed by atoms with E-state index in [4.69, 9.17) is 9.47 Å². The summed E-state index contributed by atoms with van der Waals surface area (Å²) in [5.74, 6) is 3.09. The Morgan fingerprint density at radius 2 is 2.06 bits per heavy atom. The summed E-state index contributed by atoms with van der Waals surface area (Å²) in [6.07, 6.45) is 1.81. The molecular weight excluding hydrogens is 228 g/mol. The zero-order chi connectivity index (χ0) is 12.5. The van der Waals surface area contributed by atoms with Crippen LogP contribution < -0.4 is 14.8 Å². The van der Waals surface area contributed by atoms with Crippen molar-refractivity contribution < 1.29 is 9.47 Å². The van der Waals surface area contributed by atoms with Crippen LogP contribution in [0.5, 0.6) is 11.5 Å². The Morgan fingerprint density at radius 3 is 2.83 bits per heavy atom. The second-order valence-corrected chi connectivity index (χ2v) is 4.86. The molecular formula is C14H16N2O2. The fraction of sp³-hybridized carbons (Fsp3) is 0.357. The molecule has 4 heteroatoms. The van der Waals surface area contributed by atoms with Gasteiger partial charge in [0, 0.05) is 18.1 Å². The molecule has 1 aliphatic heterocycles. The molecule has 0 amide bonds. The van der Waals surface area contributed by atoms with Crippen LogP contribution in [-0.2, 0) is 0 Å². The molecule has 2 aromatic rings. The highest BCUT2D eigenvalue weighted by Crippen LogP contribution is 2.37. The highest BCUT2D eigenvalue weighted by Gasteiger charge is 2.15. The lowest BCUT2D eigenvalue weighted by atomic mass is 10.1. The van der Waals surface area contributed by atoms with E-state index in [1.807, 2.05) is 24.4 Å². The number of anilines is 1. The van der Waals surface area contributed by atoms with Gasteiger partial charge in [-0.1, -0.05) is 13.8 Å².